The summed E-state index contributed by atoms with van der Waals surface area (Å²) >= 11 is 0. The van der Waals surface area contributed by atoms with Crippen LogP contribution in [-0.4, -0.2) is 11.7 Å². The van der Waals surface area contributed by atoms with Crippen molar-refractivity contribution in [1.29, 1.82) is 0 Å². The van der Waals surface area contributed by atoms with E-state index >= 15 is 0 Å². The van der Waals surface area contributed by atoms with Gasteiger partial charge in [-0.1, -0.05) is 24.3 Å². The van der Waals surface area contributed by atoms with Gasteiger partial charge in [0, 0.05) is 6.04 Å². The third kappa shape index (κ3) is 4.96. The maximum absolute atomic E-state index is 12.4. The summed E-state index contributed by atoms with van der Waals surface area (Å²) in [7, 11) is 0. The molecule has 1 aliphatic rings. The van der Waals surface area contributed by atoms with Crippen molar-refractivity contribution in [3.63, 3.8) is 0 Å². The van der Waals surface area contributed by atoms with E-state index in [0.29, 0.717) is 0 Å². The van der Waals surface area contributed by atoms with E-state index in [4.69, 9.17) is 4.74 Å². The van der Waals surface area contributed by atoms with Crippen LogP contribution in [0.2, 0.25) is 0 Å². The highest BCUT2D eigenvalue weighted by molar-refractivity contribution is 5.91. The van der Waals surface area contributed by atoms with Gasteiger partial charge in [-0.15, -0.1) is 0 Å². The number of anilines is 1. The second-order valence-corrected chi connectivity index (χ2v) is 6.36. The Morgan fingerprint density at radius 2 is 1.91 bits per heavy atom. The Labute approximate surface area is 133 Å². The Morgan fingerprint density at radius 3 is 2.50 bits per heavy atom. The average Bonchev–Trinajstić information content (AvgIpc) is 2.48. The molecule has 0 N–H and O–H groups in total. The first-order valence-electron chi connectivity index (χ1n) is 7.74. The Hall–Kier alpha value is -2.21. The van der Waals surface area contributed by atoms with Crippen molar-refractivity contribution in [1.82, 2.24) is 0 Å². The van der Waals surface area contributed by atoms with Crippen molar-refractivity contribution >= 4 is 11.8 Å². The van der Waals surface area contributed by atoms with Crippen LogP contribution in [0.15, 0.2) is 42.0 Å². The fraction of sp³-hybridized carbons (Fsp3) is 0.421. The van der Waals surface area contributed by atoms with Crippen LogP contribution in [-0.2, 0) is 4.74 Å². The predicted octanol–water partition coefficient (Wildman–Crippen LogP) is 4.89. The summed E-state index contributed by atoms with van der Waals surface area (Å²) in [5, 5.41) is 0. The molecule has 0 aliphatic heterocycles. The number of para-hydroxylation sites is 1. The molecule has 0 radical (unpaired) electrons. The summed E-state index contributed by atoms with van der Waals surface area (Å²) in [5.74, 6) is 3.12. The molecule has 1 aliphatic carbocycles. The molecule has 1 amide bonds. The monoisotopic (exact) mass is 297 g/mol. The molecule has 0 saturated carbocycles. The molecule has 22 heavy (non-hydrogen) atoms. The fourth-order valence-electron chi connectivity index (χ4n) is 2.18. The Bertz CT molecular complexity index is 600. The largest absolute Gasteiger partial charge is 0.443 e. The second-order valence-electron chi connectivity index (χ2n) is 6.36. The molecular formula is C19H23NO2. The van der Waals surface area contributed by atoms with Gasteiger partial charge in [0.25, 0.3) is 0 Å². The number of amides is 1. The van der Waals surface area contributed by atoms with Gasteiger partial charge in [-0.25, -0.2) is 9.69 Å². The van der Waals surface area contributed by atoms with Crippen LogP contribution in [0, 0.1) is 12.0 Å². The molecule has 3 nitrogen and oxygen atoms in total. The topological polar surface area (TPSA) is 29.5 Å². The minimum absolute atomic E-state index is 0.442. The standard InChI is InChI=1S/C19H23NO2/c1-19(2,3)22-18(21)20(17-12-8-5-9-13-17)15-14-16-10-6-4-7-11-16/h5,8-10,12-13H,4,6-7,11H2,1-3H3. The molecule has 0 heterocycles. The first kappa shape index (κ1) is 16.2. The van der Waals surface area contributed by atoms with Crippen molar-refractivity contribution in [3.05, 3.63) is 42.0 Å². The van der Waals surface area contributed by atoms with Crippen molar-refractivity contribution in [2.24, 2.45) is 0 Å². The molecule has 0 fully saturated rings. The van der Waals surface area contributed by atoms with Gasteiger partial charge in [0.05, 0.1) is 5.69 Å². The quantitative estimate of drug-likeness (QED) is 0.545. The van der Waals surface area contributed by atoms with E-state index < -0.39 is 11.7 Å². The zero-order valence-corrected chi connectivity index (χ0v) is 13.6. The van der Waals surface area contributed by atoms with Crippen LogP contribution in [0.5, 0.6) is 0 Å². The molecule has 0 spiro atoms. The highest BCUT2D eigenvalue weighted by Gasteiger charge is 2.22. The molecule has 0 aromatic heterocycles. The van der Waals surface area contributed by atoms with Gasteiger partial charge in [0.2, 0.25) is 0 Å². The highest BCUT2D eigenvalue weighted by atomic mass is 16.6. The van der Waals surface area contributed by atoms with E-state index in [1.54, 1.807) is 0 Å². The number of allylic oxidation sites excluding steroid dienone is 2. The second kappa shape index (κ2) is 7.17. The van der Waals surface area contributed by atoms with Crippen LogP contribution in [0.1, 0.15) is 46.5 Å². The zero-order chi connectivity index (χ0) is 16.0. The molecule has 1 aromatic rings. The molecule has 0 atom stereocenters. The van der Waals surface area contributed by atoms with Gasteiger partial charge in [-0.2, -0.15) is 0 Å². The van der Waals surface area contributed by atoms with Crippen LogP contribution >= 0.6 is 0 Å². The van der Waals surface area contributed by atoms with Gasteiger partial charge in [0.1, 0.15) is 5.60 Å². The molecule has 2 rings (SSSR count). The molecule has 116 valence electrons. The number of carbonyl (C=O) groups is 1. The number of nitrogens with zero attached hydrogens (tertiary/aromatic N) is 1. The number of hydrogen-bond acceptors (Lipinski definition) is 2. The first-order chi connectivity index (χ1) is 10.5. The Morgan fingerprint density at radius 1 is 1.18 bits per heavy atom. The summed E-state index contributed by atoms with van der Waals surface area (Å²) in [6, 6.07) is 12.4. The van der Waals surface area contributed by atoms with E-state index in [1.807, 2.05) is 51.1 Å². The lowest BCUT2D eigenvalue weighted by Crippen LogP contribution is -2.33. The number of rotatable bonds is 1. The molecule has 3 heteroatoms. The Kier molecular flexibility index (Phi) is 5.27. The number of ether oxygens (including phenoxy) is 1. The van der Waals surface area contributed by atoms with E-state index in [-0.39, 0.29) is 0 Å². The van der Waals surface area contributed by atoms with Crippen molar-refractivity contribution in [3.8, 4) is 12.0 Å². The zero-order valence-electron chi connectivity index (χ0n) is 13.6. The lowest BCUT2D eigenvalue weighted by Gasteiger charge is -2.23. The average molecular weight is 297 g/mol. The Balaban J connectivity index is 2.24. The lowest BCUT2D eigenvalue weighted by atomic mass is 10.0. The maximum atomic E-state index is 12.4. The number of hydrogen-bond donors (Lipinski definition) is 0. The van der Waals surface area contributed by atoms with Crippen LogP contribution in [0.3, 0.4) is 0 Å². The molecule has 0 unspecified atom stereocenters. The minimum atomic E-state index is -0.546. The highest BCUT2D eigenvalue weighted by Crippen LogP contribution is 2.19. The van der Waals surface area contributed by atoms with Crippen molar-refractivity contribution < 1.29 is 9.53 Å². The van der Waals surface area contributed by atoms with Gasteiger partial charge in [-0.05, 0) is 70.1 Å². The fourth-order valence-corrected chi connectivity index (χ4v) is 2.18. The third-order valence-corrected chi connectivity index (χ3v) is 3.21. The van der Waals surface area contributed by atoms with Crippen molar-refractivity contribution in [2.75, 3.05) is 4.90 Å². The maximum Gasteiger partial charge on any atom is 0.426 e. The van der Waals surface area contributed by atoms with Gasteiger partial charge in [0.15, 0.2) is 0 Å². The summed E-state index contributed by atoms with van der Waals surface area (Å²) in [6.07, 6.45) is 6.17. The summed E-state index contributed by atoms with van der Waals surface area (Å²) in [4.78, 5) is 13.8. The van der Waals surface area contributed by atoms with E-state index in [1.165, 1.54) is 11.3 Å². The smallest absolute Gasteiger partial charge is 0.426 e. The van der Waals surface area contributed by atoms with E-state index in [0.717, 1.165) is 30.5 Å². The van der Waals surface area contributed by atoms with Gasteiger partial charge >= 0.3 is 6.09 Å². The SMILES string of the molecule is CC(C)(C)OC(=O)N(C#CC1=CCCCC1)c1ccccc1. The summed E-state index contributed by atoms with van der Waals surface area (Å²) in [5.41, 5.74) is 1.28. The van der Waals surface area contributed by atoms with Crippen LogP contribution < -0.4 is 4.90 Å². The first-order valence-corrected chi connectivity index (χ1v) is 7.74. The van der Waals surface area contributed by atoms with E-state index in [2.05, 4.69) is 18.0 Å². The number of carbonyl (C=O) groups excluding carboxylic acids is 1. The molecule has 0 bridgehead atoms. The summed E-state index contributed by atoms with van der Waals surface area (Å²) in [6.45, 7) is 5.56. The number of benzene rings is 1. The van der Waals surface area contributed by atoms with Crippen LogP contribution in [0.25, 0.3) is 0 Å². The predicted molar refractivity (Wildman–Crippen MR) is 89.5 cm³/mol. The lowest BCUT2D eigenvalue weighted by molar-refractivity contribution is 0.0600. The van der Waals surface area contributed by atoms with Gasteiger partial charge < -0.3 is 4.74 Å². The van der Waals surface area contributed by atoms with Crippen molar-refractivity contribution in [2.45, 2.75) is 52.1 Å². The van der Waals surface area contributed by atoms with E-state index in [9.17, 15) is 4.79 Å². The molecule has 0 saturated heterocycles. The third-order valence-electron chi connectivity index (χ3n) is 3.21. The van der Waals surface area contributed by atoms with Gasteiger partial charge in [-0.3, -0.25) is 0 Å². The molecule has 1 aromatic carbocycles. The normalized spacial score (nSPS) is 14.4. The minimum Gasteiger partial charge on any atom is -0.443 e. The van der Waals surface area contributed by atoms with Crippen LogP contribution in [0.4, 0.5) is 10.5 Å². The molecular weight excluding hydrogens is 274 g/mol. The summed E-state index contributed by atoms with van der Waals surface area (Å²) < 4.78 is 5.46.